The second kappa shape index (κ2) is 13.0. The van der Waals surface area contributed by atoms with Gasteiger partial charge in [-0.05, 0) is 94.5 Å². The van der Waals surface area contributed by atoms with Gasteiger partial charge in [0.25, 0.3) is 0 Å². The minimum atomic E-state index is 0.489. The highest BCUT2D eigenvalue weighted by atomic mass is 16.5. The maximum absolute atomic E-state index is 5.84. The van der Waals surface area contributed by atoms with Crippen molar-refractivity contribution in [3.63, 3.8) is 0 Å². The Morgan fingerprint density at radius 2 is 1.00 bits per heavy atom. The molecule has 0 heterocycles. The Kier molecular flexibility index (Phi) is 10.3. The summed E-state index contributed by atoms with van der Waals surface area (Å²) in [6, 6.07) is 17.4. The Morgan fingerprint density at radius 1 is 0.621 bits per heavy atom. The monoisotopic (exact) mass is 398 g/mol. The number of ether oxygens (including phenoxy) is 2. The van der Waals surface area contributed by atoms with Crippen LogP contribution in [0.15, 0.2) is 48.5 Å². The Labute approximate surface area is 177 Å². The first-order valence-corrected chi connectivity index (χ1v) is 11.1. The lowest BCUT2D eigenvalue weighted by Gasteiger charge is -2.14. The van der Waals surface area contributed by atoms with Crippen molar-refractivity contribution in [2.45, 2.75) is 71.9 Å². The van der Waals surface area contributed by atoms with Crippen molar-refractivity contribution in [1.29, 1.82) is 0 Å². The average molecular weight is 399 g/mol. The van der Waals surface area contributed by atoms with Crippen LogP contribution in [0.5, 0.6) is 11.5 Å². The van der Waals surface area contributed by atoms with Crippen molar-refractivity contribution in [2.24, 2.45) is 0 Å². The molecule has 0 aliphatic heterocycles. The molecule has 0 aromatic heterocycles. The third-order valence-corrected chi connectivity index (χ3v) is 5.09. The van der Waals surface area contributed by atoms with E-state index < -0.39 is 0 Å². The standard InChI is InChI=1S/C25H38N2O2/c1-5-20(3)26-22-10-14-24(15-11-22)28-18-8-7-9-19-29-25-16-12-23(13-17-25)27-21(4)6-2/h10-17,20-21,26-27H,5-9,18-19H2,1-4H3. The number of rotatable bonds is 14. The molecule has 0 aliphatic carbocycles. The first-order valence-electron chi connectivity index (χ1n) is 11.1. The van der Waals surface area contributed by atoms with E-state index in [0.29, 0.717) is 12.1 Å². The Bertz CT molecular complexity index is 611. The number of nitrogens with one attached hydrogen (secondary N) is 2. The molecule has 4 heteroatoms. The maximum atomic E-state index is 5.84. The van der Waals surface area contributed by atoms with Crippen LogP contribution >= 0.6 is 0 Å². The number of benzene rings is 2. The number of unbranched alkanes of at least 4 members (excludes halogenated alkanes) is 2. The van der Waals surface area contributed by atoms with E-state index in [-0.39, 0.29) is 0 Å². The quantitative estimate of drug-likeness (QED) is 0.346. The van der Waals surface area contributed by atoms with Crippen LogP contribution in [0, 0.1) is 0 Å². The lowest BCUT2D eigenvalue weighted by Crippen LogP contribution is -2.13. The third-order valence-electron chi connectivity index (χ3n) is 5.09. The predicted octanol–water partition coefficient (Wildman–Crippen LogP) is 6.74. The smallest absolute Gasteiger partial charge is 0.119 e. The van der Waals surface area contributed by atoms with Gasteiger partial charge in [0.15, 0.2) is 0 Å². The fourth-order valence-electron chi connectivity index (χ4n) is 2.83. The van der Waals surface area contributed by atoms with Crippen LogP contribution in [0.1, 0.15) is 59.8 Å². The van der Waals surface area contributed by atoms with Crippen molar-refractivity contribution < 1.29 is 9.47 Å². The zero-order valence-electron chi connectivity index (χ0n) is 18.5. The van der Waals surface area contributed by atoms with Gasteiger partial charge in [0, 0.05) is 23.5 Å². The van der Waals surface area contributed by atoms with Gasteiger partial charge in [-0.15, -0.1) is 0 Å². The summed E-state index contributed by atoms with van der Waals surface area (Å²) in [6.45, 7) is 10.2. The molecule has 2 aromatic carbocycles. The SMILES string of the molecule is CCC(C)Nc1ccc(OCCCCCOc2ccc(NC(C)CC)cc2)cc1. The molecule has 0 saturated heterocycles. The van der Waals surface area contributed by atoms with E-state index in [0.717, 1.165) is 68.2 Å². The molecular weight excluding hydrogens is 360 g/mol. The molecular formula is C25H38N2O2. The summed E-state index contributed by atoms with van der Waals surface area (Å²) in [5.74, 6) is 1.86. The van der Waals surface area contributed by atoms with Crippen LogP contribution < -0.4 is 20.1 Å². The van der Waals surface area contributed by atoms with Crippen LogP contribution in [0.2, 0.25) is 0 Å². The van der Waals surface area contributed by atoms with Gasteiger partial charge in [-0.25, -0.2) is 0 Å². The van der Waals surface area contributed by atoms with Gasteiger partial charge in [-0.1, -0.05) is 13.8 Å². The van der Waals surface area contributed by atoms with E-state index in [1.807, 2.05) is 24.3 Å². The molecule has 160 valence electrons. The van der Waals surface area contributed by atoms with Crippen molar-refractivity contribution >= 4 is 11.4 Å². The summed E-state index contributed by atoms with van der Waals surface area (Å²) in [4.78, 5) is 0. The molecule has 29 heavy (non-hydrogen) atoms. The van der Waals surface area contributed by atoms with E-state index in [1.165, 1.54) is 0 Å². The van der Waals surface area contributed by atoms with Crippen LogP contribution in [-0.2, 0) is 0 Å². The first kappa shape index (κ1) is 22.9. The lowest BCUT2D eigenvalue weighted by atomic mass is 10.2. The first-order chi connectivity index (χ1) is 14.1. The molecule has 2 unspecified atom stereocenters. The molecule has 4 nitrogen and oxygen atoms in total. The van der Waals surface area contributed by atoms with Gasteiger partial charge in [-0.2, -0.15) is 0 Å². The fraction of sp³-hybridized carbons (Fsp3) is 0.520. The number of anilines is 2. The highest BCUT2D eigenvalue weighted by Gasteiger charge is 2.01. The van der Waals surface area contributed by atoms with Gasteiger partial charge in [-0.3, -0.25) is 0 Å². The highest BCUT2D eigenvalue weighted by Crippen LogP contribution is 2.18. The second-order valence-electron chi connectivity index (χ2n) is 7.71. The molecule has 0 fully saturated rings. The predicted molar refractivity (Wildman–Crippen MR) is 124 cm³/mol. The van der Waals surface area contributed by atoms with Crippen LogP contribution in [0.25, 0.3) is 0 Å². The largest absolute Gasteiger partial charge is 0.494 e. The van der Waals surface area contributed by atoms with Gasteiger partial charge < -0.3 is 20.1 Å². The molecule has 2 rings (SSSR count). The molecule has 0 spiro atoms. The summed E-state index contributed by atoms with van der Waals surface area (Å²) >= 11 is 0. The van der Waals surface area contributed by atoms with Crippen molar-refractivity contribution in [2.75, 3.05) is 23.8 Å². The summed E-state index contributed by atoms with van der Waals surface area (Å²) < 4.78 is 11.7. The average Bonchev–Trinajstić information content (AvgIpc) is 2.75. The Balaban J connectivity index is 1.55. The summed E-state index contributed by atoms with van der Waals surface area (Å²) in [5.41, 5.74) is 2.29. The minimum absolute atomic E-state index is 0.489. The van der Waals surface area contributed by atoms with E-state index in [1.54, 1.807) is 0 Å². The molecule has 2 atom stereocenters. The second-order valence-corrected chi connectivity index (χ2v) is 7.71. The van der Waals surface area contributed by atoms with E-state index in [4.69, 9.17) is 9.47 Å². The minimum Gasteiger partial charge on any atom is -0.494 e. The topological polar surface area (TPSA) is 42.5 Å². The molecule has 0 radical (unpaired) electrons. The zero-order chi connectivity index (χ0) is 20.9. The van der Waals surface area contributed by atoms with Crippen LogP contribution in [0.4, 0.5) is 11.4 Å². The van der Waals surface area contributed by atoms with Gasteiger partial charge in [0.2, 0.25) is 0 Å². The molecule has 0 aliphatic rings. The highest BCUT2D eigenvalue weighted by molar-refractivity contribution is 5.47. The van der Waals surface area contributed by atoms with E-state index in [9.17, 15) is 0 Å². The molecule has 0 bridgehead atoms. The van der Waals surface area contributed by atoms with Crippen molar-refractivity contribution in [3.05, 3.63) is 48.5 Å². The van der Waals surface area contributed by atoms with E-state index in [2.05, 4.69) is 62.6 Å². The van der Waals surface area contributed by atoms with Gasteiger partial charge in [0.1, 0.15) is 11.5 Å². The van der Waals surface area contributed by atoms with Gasteiger partial charge in [0.05, 0.1) is 13.2 Å². The number of hydrogen-bond acceptors (Lipinski definition) is 4. The van der Waals surface area contributed by atoms with Crippen LogP contribution in [-0.4, -0.2) is 25.3 Å². The molecule has 0 saturated carbocycles. The molecule has 2 aromatic rings. The molecule has 0 amide bonds. The Hall–Kier alpha value is -2.36. The lowest BCUT2D eigenvalue weighted by molar-refractivity contribution is 0.279. The maximum Gasteiger partial charge on any atom is 0.119 e. The van der Waals surface area contributed by atoms with Gasteiger partial charge >= 0.3 is 0 Å². The van der Waals surface area contributed by atoms with Crippen LogP contribution in [0.3, 0.4) is 0 Å². The molecule has 2 N–H and O–H groups in total. The fourth-order valence-corrected chi connectivity index (χ4v) is 2.83. The third kappa shape index (κ3) is 9.12. The van der Waals surface area contributed by atoms with Crippen molar-refractivity contribution in [1.82, 2.24) is 0 Å². The normalized spacial score (nSPS) is 12.8. The summed E-state index contributed by atoms with van der Waals surface area (Å²) in [5, 5.41) is 6.93. The van der Waals surface area contributed by atoms with Crippen molar-refractivity contribution in [3.8, 4) is 11.5 Å². The summed E-state index contributed by atoms with van der Waals surface area (Å²) in [6.07, 6.45) is 5.40. The van der Waals surface area contributed by atoms with E-state index >= 15 is 0 Å². The Morgan fingerprint density at radius 3 is 1.34 bits per heavy atom. The summed E-state index contributed by atoms with van der Waals surface area (Å²) in [7, 11) is 0. The number of hydrogen-bond donors (Lipinski definition) is 2. The zero-order valence-corrected chi connectivity index (χ0v) is 18.5.